The number of fused-ring (bicyclic) bond motifs is 1. The Kier molecular flexibility index (Phi) is 2.50. The minimum atomic E-state index is -0.0585. The number of rotatable bonds is 2. The van der Waals surface area contributed by atoms with Crippen molar-refractivity contribution in [3.63, 3.8) is 0 Å². The van der Waals surface area contributed by atoms with Gasteiger partial charge in [-0.25, -0.2) is 4.98 Å². The van der Waals surface area contributed by atoms with Crippen molar-refractivity contribution >= 4 is 11.3 Å². The van der Waals surface area contributed by atoms with Crippen molar-refractivity contribution in [2.75, 3.05) is 0 Å². The highest BCUT2D eigenvalue weighted by molar-refractivity contribution is 7.11. The van der Waals surface area contributed by atoms with Gasteiger partial charge in [-0.05, 0) is 24.8 Å². The number of aryl methyl sites for hydroxylation is 2. The summed E-state index contributed by atoms with van der Waals surface area (Å²) in [5, 5.41) is 1.07. The Labute approximate surface area is 99.1 Å². The summed E-state index contributed by atoms with van der Waals surface area (Å²) in [4.78, 5) is 6.11. The molecule has 0 saturated heterocycles. The van der Waals surface area contributed by atoms with E-state index in [-0.39, 0.29) is 6.04 Å². The second kappa shape index (κ2) is 4.00. The normalized spacial score (nSPS) is 16.1. The van der Waals surface area contributed by atoms with Gasteiger partial charge in [-0.3, -0.25) is 0 Å². The number of nitrogens with two attached hydrogens (primary N) is 1. The molecule has 0 fully saturated rings. The van der Waals surface area contributed by atoms with Crippen LogP contribution in [0.2, 0.25) is 0 Å². The molecule has 1 aromatic carbocycles. The van der Waals surface area contributed by atoms with E-state index in [0.717, 1.165) is 17.0 Å². The fourth-order valence-electron chi connectivity index (χ4n) is 2.15. The Morgan fingerprint density at radius 3 is 2.75 bits per heavy atom. The first-order valence-electron chi connectivity index (χ1n) is 5.63. The molecule has 3 rings (SSSR count). The molecule has 2 N–H and O–H groups in total. The average Bonchev–Trinajstić information content (AvgIpc) is 2.89. The van der Waals surface area contributed by atoms with Gasteiger partial charge in [-0.15, -0.1) is 11.3 Å². The van der Waals surface area contributed by atoms with Crippen LogP contribution in [-0.2, 0) is 12.8 Å². The first kappa shape index (κ1) is 10.00. The fourth-order valence-corrected chi connectivity index (χ4v) is 3.33. The summed E-state index contributed by atoms with van der Waals surface area (Å²) in [7, 11) is 0. The number of nitrogens with zero attached hydrogens (tertiary/aromatic N) is 1. The number of thiazole rings is 1. The van der Waals surface area contributed by atoms with E-state index in [0.29, 0.717) is 0 Å². The third-order valence-corrected chi connectivity index (χ3v) is 4.28. The van der Waals surface area contributed by atoms with E-state index < -0.39 is 0 Å². The van der Waals surface area contributed by atoms with Gasteiger partial charge in [0.2, 0.25) is 0 Å². The third kappa shape index (κ3) is 1.66. The van der Waals surface area contributed by atoms with Crippen molar-refractivity contribution in [2.45, 2.75) is 25.3 Å². The summed E-state index contributed by atoms with van der Waals surface area (Å²) in [6, 6.07) is 10.1. The van der Waals surface area contributed by atoms with E-state index in [1.807, 2.05) is 18.2 Å². The molecule has 16 heavy (non-hydrogen) atoms. The highest BCUT2D eigenvalue weighted by atomic mass is 32.1. The van der Waals surface area contributed by atoms with Crippen LogP contribution in [-0.4, -0.2) is 4.98 Å². The minimum absolute atomic E-state index is 0.0585. The Morgan fingerprint density at radius 2 is 2.00 bits per heavy atom. The molecule has 0 aliphatic heterocycles. The van der Waals surface area contributed by atoms with Crippen LogP contribution in [0.4, 0.5) is 0 Å². The van der Waals surface area contributed by atoms with Gasteiger partial charge in [0.25, 0.3) is 0 Å². The van der Waals surface area contributed by atoms with Crippen molar-refractivity contribution in [1.29, 1.82) is 0 Å². The summed E-state index contributed by atoms with van der Waals surface area (Å²) >= 11 is 1.79. The second-order valence-electron chi connectivity index (χ2n) is 4.16. The third-order valence-electron chi connectivity index (χ3n) is 3.04. The Hall–Kier alpha value is -1.19. The molecule has 0 bridgehead atoms. The van der Waals surface area contributed by atoms with Crippen LogP contribution < -0.4 is 5.73 Å². The van der Waals surface area contributed by atoms with Crippen LogP contribution in [0.15, 0.2) is 30.3 Å². The van der Waals surface area contributed by atoms with Crippen molar-refractivity contribution in [1.82, 2.24) is 4.98 Å². The number of aromatic nitrogens is 1. The van der Waals surface area contributed by atoms with Gasteiger partial charge in [0.05, 0.1) is 11.7 Å². The lowest BCUT2D eigenvalue weighted by atomic mass is 10.1. The first-order valence-corrected chi connectivity index (χ1v) is 6.45. The van der Waals surface area contributed by atoms with E-state index in [1.54, 1.807) is 11.3 Å². The minimum Gasteiger partial charge on any atom is -0.318 e. The maximum absolute atomic E-state index is 6.23. The van der Waals surface area contributed by atoms with Gasteiger partial charge in [-0.2, -0.15) is 0 Å². The van der Waals surface area contributed by atoms with E-state index >= 15 is 0 Å². The van der Waals surface area contributed by atoms with Crippen LogP contribution in [0.25, 0.3) is 0 Å². The Bertz CT molecular complexity index is 468. The first-order chi connectivity index (χ1) is 7.84. The van der Waals surface area contributed by atoms with Crippen molar-refractivity contribution in [3.05, 3.63) is 51.5 Å². The van der Waals surface area contributed by atoms with Crippen LogP contribution in [0.3, 0.4) is 0 Å². The number of hydrogen-bond donors (Lipinski definition) is 1. The lowest BCUT2D eigenvalue weighted by molar-refractivity contribution is 0.834. The summed E-state index contributed by atoms with van der Waals surface area (Å²) in [5.74, 6) is 0. The molecule has 0 spiro atoms. The maximum atomic E-state index is 6.23. The van der Waals surface area contributed by atoms with Gasteiger partial charge in [0, 0.05) is 4.88 Å². The van der Waals surface area contributed by atoms with Gasteiger partial charge in [-0.1, -0.05) is 30.3 Å². The molecule has 0 radical (unpaired) electrons. The maximum Gasteiger partial charge on any atom is 0.114 e. The number of benzene rings is 1. The summed E-state index contributed by atoms with van der Waals surface area (Å²) in [6.45, 7) is 0. The summed E-state index contributed by atoms with van der Waals surface area (Å²) in [6.07, 6.45) is 3.58. The topological polar surface area (TPSA) is 38.9 Å². The van der Waals surface area contributed by atoms with E-state index in [2.05, 4.69) is 17.1 Å². The van der Waals surface area contributed by atoms with Crippen LogP contribution in [0, 0.1) is 0 Å². The van der Waals surface area contributed by atoms with Crippen LogP contribution in [0.5, 0.6) is 0 Å². The molecule has 1 aliphatic rings. The SMILES string of the molecule is NC(c1ccccc1)c1nc2c(s1)CCC2. The Morgan fingerprint density at radius 1 is 1.19 bits per heavy atom. The Balaban J connectivity index is 1.92. The van der Waals surface area contributed by atoms with Crippen LogP contribution in [0.1, 0.15) is 33.6 Å². The summed E-state index contributed by atoms with van der Waals surface area (Å²) in [5.41, 5.74) is 8.66. The fraction of sp³-hybridized carbons (Fsp3) is 0.308. The second-order valence-corrected chi connectivity index (χ2v) is 5.28. The van der Waals surface area contributed by atoms with Gasteiger partial charge < -0.3 is 5.73 Å². The lowest BCUT2D eigenvalue weighted by Crippen LogP contribution is -2.11. The van der Waals surface area contributed by atoms with Gasteiger partial charge in [0.1, 0.15) is 5.01 Å². The molecule has 1 atom stereocenters. The molecule has 3 heteroatoms. The smallest absolute Gasteiger partial charge is 0.114 e. The van der Waals surface area contributed by atoms with Crippen molar-refractivity contribution in [2.24, 2.45) is 5.73 Å². The zero-order chi connectivity index (χ0) is 11.0. The predicted octanol–water partition coefficient (Wildman–Crippen LogP) is 2.68. The number of hydrogen-bond acceptors (Lipinski definition) is 3. The molecule has 2 aromatic rings. The summed E-state index contributed by atoms with van der Waals surface area (Å²) < 4.78 is 0. The van der Waals surface area contributed by atoms with E-state index in [9.17, 15) is 0 Å². The molecule has 1 heterocycles. The monoisotopic (exact) mass is 230 g/mol. The lowest BCUT2D eigenvalue weighted by Gasteiger charge is -2.08. The predicted molar refractivity (Wildman–Crippen MR) is 66.6 cm³/mol. The zero-order valence-corrected chi connectivity index (χ0v) is 9.83. The van der Waals surface area contributed by atoms with Crippen molar-refractivity contribution in [3.8, 4) is 0 Å². The average molecular weight is 230 g/mol. The molecule has 1 aliphatic carbocycles. The quantitative estimate of drug-likeness (QED) is 0.861. The molecule has 82 valence electrons. The van der Waals surface area contributed by atoms with Gasteiger partial charge >= 0.3 is 0 Å². The van der Waals surface area contributed by atoms with Gasteiger partial charge in [0.15, 0.2) is 0 Å². The highest BCUT2D eigenvalue weighted by Gasteiger charge is 2.20. The highest BCUT2D eigenvalue weighted by Crippen LogP contribution is 2.31. The largest absolute Gasteiger partial charge is 0.318 e. The molecule has 2 nitrogen and oxygen atoms in total. The standard InChI is InChI=1S/C13H14N2S/c14-12(9-5-2-1-3-6-9)13-15-10-7-4-8-11(10)16-13/h1-3,5-6,12H,4,7-8,14H2. The molecule has 0 amide bonds. The molecule has 1 aromatic heterocycles. The van der Waals surface area contributed by atoms with Crippen LogP contribution >= 0.6 is 11.3 Å². The molecule has 0 saturated carbocycles. The molecular weight excluding hydrogens is 216 g/mol. The van der Waals surface area contributed by atoms with E-state index in [4.69, 9.17) is 5.73 Å². The van der Waals surface area contributed by atoms with Crippen molar-refractivity contribution < 1.29 is 0 Å². The molecular formula is C13H14N2S. The molecule has 1 unspecified atom stereocenters. The van der Waals surface area contributed by atoms with E-state index in [1.165, 1.54) is 23.4 Å². The zero-order valence-electron chi connectivity index (χ0n) is 9.02.